The highest BCUT2D eigenvalue weighted by Crippen LogP contribution is 2.37. The van der Waals surface area contributed by atoms with Gasteiger partial charge in [-0.05, 0) is 55.6 Å². The molecule has 1 amide bonds. The fraction of sp³-hybridized carbons (Fsp3) is 0.545. The predicted molar refractivity (Wildman–Crippen MR) is 101 cm³/mol. The summed E-state index contributed by atoms with van der Waals surface area (Å²) in [5, 5.41) is 0. The van der Waals surface area contributed by atoms with Crippen LogP contribution in [0.25, 0.3) is 0 Å². The van der Waals surface area contributed by atoms with Gasteiger partial charge >= 0.3 is 0 Å². The molecule has 0 bridgehead atoms. The molecular weight excluding hydrogens is 322 g/mol. The topological polar surface area (TPSA) is 38.1 Å². The molecule has 1 saturated carbocycles. The van der Waals surface area contributed by atoms with Crippen LogP contribution in [-0.2, 0) is 17.8 Å². The SMILES string of the molecule is O=C([C@H]1CCc2ccccc21)N1CCC(c2nccn2CC2CC2)CC1. The van der Waals surface area contributed by atoms with E-state index in [1.807, 2.05) is 6.20 Å². The van der Waals surface area contributed by atoms with Gasteiger partial charge in [0.1, 0.15) is 5.82 Å². The number of aryl methyl sites for hydroxylation is 1. The van der Waals surface area contributed by atoms with Crippen LogP contribution in [-0.4, -0.2) is 33.4 Å². The second kappa shape index (κ2) is 6.57. The average Bonchev–Trinajstić information content (AvgIpc) is 3.20. The lowest BCUT2D eigenvalue weighted by Crippen LogP contribution is -2.40. The summed E-state index contributed by atoms with van der Waals surface area (Å²) in [5.74, 6) is 3.04. The Morgan fingerprint density at radius 2 is 1.88 bits per heavy atom. The van der Waals surface area contributed by atoms with E-state index in [1.165, 1.54) is 29.8 Å². The molecule has 1 atom stereocenters. The first-order valence-electron chi connectivity index (χ1n) is 10.2. The molecule has 4 nitrogen and oxygen atoms in total. The van der Waals surface area contributed by atoms with Crippen LogP contribution in [0.3, 0.4) is 0 Å². The van der Waals surface area contributed by atoms with Crippen molar-refractivity contribution in [3.05, 3.63) is 53.6 Å². The maximum Gasteiger partial charge on any atom is 0.230 e. The van der Waals surface area contributed by atoms with Crippen LogP contribution in [0.15, 0.2) is 36.7 Å². The highest BCUT2D eigenvalue weighted by atomic mass is 16.2. The highest BCUT2D eigenvalue weighted by Gasteiger charge is 2.34. The predicted octanol–water partition coefficient (Wildman–Crippen LogP) is 3.73. The molecule has 1 saturated heterocycles. The number of amides is 1. The van der Waals surface area contributed by atoms with Crippen LogP contribution in [0.1, 0.15) is 60.9 Å². The quantitative estimate of drug-likeness (QED) is 0.843. The van der Waals surface area contributed by atoms with Crippen molar-refractivity contribution in [1.29, 1.82) is 0 Å². The standard InChI is InChI=1S/C22H27N3O/c26-22(20-8-7-17-3-1-2-4-19(17)20)24-12-9-18(10-13-24)21-23-11-14-25(21)15-16-5-6-16/h1-4,11,14,16,18,20H,5-10,12-13,15H2/t20-/m0/s1. The number of aromatic nitrogens is 2. The first-order chi connectivity index (χ1) is 12.8. The van der Waals surface area contributed by atoms with Gasteiger partial charge in [0.15, 0.2) is 0 Å². The zero-order chi connectivity index (χ0) is 17.5. The average molecular weight is 349 g/mol. The van der Waals surface area contributed by atoms with Gasteiger partial charge in [0.05, 0.1) is 5.92 Å². The van der Waals surface area contributed by atoms with Gasteiger partial charge in [-0.3, -0.25) is 4.79 Å². The van der Waals surface area contributed by atoms with Crippen molar-refractivity contribution >= 4 is 5.91 Å². The van der Waals surface area contributed by atoms with Crippen molar-refractivity contribution in [2.24, 2.45) is 5.92 Å². The molecule has 1 aromatic carbocycles. The van der Waals surface area contributed by atoms with E-state index in [0.29, 0.717) is 11.8 Å². The summed E-state index contributed by atoms with van der Waals surface area (Å²) in [7, 11) is 0. The number of benzene rings is 1. The summed E-state index contributed by atoms with van der Waals surface area (Å²) in [6.45, 7) is 2.88. The first kappa shape index (κ1) is 16.1. The Balaban J connectivity index is 1.23. The number of imidazole rings is 1. The molecule has 0 N–H and O–H groups in total. The van der Waals surface area contributed by atoms with Gasteiger partial charge in [0.2, 0.25) is 5.91 Å². The second-order valence-corrected chi connectivity index (χ2v) is 8.27. The van der Waals surface area contributed by atoms with Crippen molar-refractivity contribution in [3.8, 4) is 0 Å². The number of carbonyl (C=O) groups is 1. The molecule has 1 aromatic heterocycles. The molecule has 136 valence electrons. The Kier molecular flexibility index (Phi) is 4.07. The normalized spacial score (nSPS) is 23.2. The maximum atomic E-state index is 13.1. The minimum absolute atomic E-state index is 0.0830. The molecule has 3 aliphatic rings. The number of hydrogen-bond donors (Lipinski definition) is 0. The third-order valence-electron chi connectivity index (χ3n) is 6.50. The first-order valence-corrected chi connectivity index (χ1v) is 10.2. The Morgan fingerprint density at radius 1 is 1.08 bits per heavy atom. The van der Waals surface area contributed by atoms with E-state index in [2.05, 4.69) is 44.9 Å². The van der Waals surface area contributed by atoms with Crippen LogP contribution in [0.4, 0.5) is 0 Å². The third-order valence-corrected chi connectivity index (χ3v) is 6.50. The van der Waals surface area contributed by atoms with Crippen LogP contribution in [0, 0.1) is 5.92 Å². The molecule has 2 heterocycles. The fourth-order valence-corrected chi connectivity index (χ4v) is 4.81. The van der Waals surface area contributed by atoms with Gasteiger partial charge in [-0.25, -0.2) is 4.98 Å². The number of fused-ring (bicyclic) bond motifs is 1. The summed E-state index contributed by atoms with van der Waals surface area (Å²) in [6, 6.07) is 8.47. The van der Waals surface area contributed by atoms with Crippen LogP contribution >= 0.6 is 0 Å². The van der Waals surface area contributed by atoms with Crippen LogP contribution in [0.5, 0.6) is 0 Å². The number of rotatable bonds is 4. The monoisotopic (exact) mass is 349 g/mol. The molecular formula is C22H27N3O. The van der Waals surface area contributed by atoms with Crippen molar-refractivity contribution in [2.75, 3.05) is 13.1 Å². The zero-order valence-corrected chi connectivity index (χ0v) is 15.3. The Bertz CT molecular complexity index is 799. The lowest BCUT2D eigenvalue weighted by molar-refractivity contribution is -0.133. The third kappa shape index (κ3) is 2.95. The molecule has 1 aliphatic heterocycles. The zero-order valence-electron chi connectivity index (χ0n) is 15.3. The molecule has 4 heteroatoms. The van der Waals surface area contributed by atoms with E-state index >= 15 is 0 Å². The number of nitrogens with zero attached hydrogens (tertiary/aromatic N) is 3. The van der Waals surface area contributed by atoms with Crippen molar-refractivity contribution in [1.82, 2.24) is 14.5 Å². The molecule has 2 aromatic rings. The summed E-state index contributed by atoms with van der Waals surface area (Å²) < 4.78 is 2.37. The van der Waals surface area contributed by atoms with Gasteiger partial charge in [-0.2, -0.15) is 0 Å². The van der Waals surface area contributed by atoms with Gasteiger partial charge in [-0.15, -0.1) is 0 Å². The number of piperidine rings is 1. The van der Waals surface area contributed by atoms with E-state index in [1.54, 1.807) is 0 Å². The largest absolute Gasteiger partial charge is 0.342 e. The number of likely N-dealkylation sites (tertiary alicyclic amines) is 1. The van der Waals surface area contributed by atoms with Gasteiger partial charge in [-0.1, -0.05) is 24.3 Å². The Labute approximate surface area is 155 Å². The van der Waals surface area contributed by atoms with Crippen LogP contribution < -0.4 is 0 Å². The Morgan fingerprint density at radius 3 is 2.69 bits per heavy atom. The van der Waals surface area contributed by atoms with E-state index in [0.717, 1.165) is 51.2 Å². The minimum Gasteiger partial charge on any atom is -0.342 e. The second-order valence-electron chi connectivity index (χ2n) is 8.27. The molecule has 5 rings (SSSR count). The molecule has 0 unspecified atom stereocenters. The molecule has 0 spiro atoms. The lowest BCUT2D eigenvalue weighted by atomic mass is 9.93. The summed E-state index contributed by atoms with van der Waals surface area (Å²) >= 11 is 0. The van der Waals surface area contributed by atoms with E-state index < -0.39 is 0 Å². The van der Waals surface area contributed by atoms with Crippen molar-refractivity contribution in [3.63, 3.8) is 0 Å². The van der Waals surface area contributed by atoms with Crippen molar-refractivity contribution < 1.29 is 4.79 Å². The Hall–Kier alpha value is -2.10. The van der Waals surface area contributed by atoms with Gasteiger partial charge in [0.25, 0.3) is 0 Å². The highest BCUT2D eigenvalue weighted by molar-refractivity contribution is 5.85. The summed E-state index contributed by atoms with van der Waals surface area (Å²) in [6.07, 6.45) is 10.9. The lowest BCUT2D eigenvalue weighted by Gasteiger charge is -2.33. The van der Waals surface area contributed by atoms with E-state index in [4.69, 9.17) is 0 Å². The molecule has 2 aliphatic carbocycles. The van der Waals surface area contributed by atoms with Gasteiger partial charge < -0.3 is 9.47 Å². The maximum absolute atomic E-state index is 13.1. The summed E-state index contributed by atoms with van der Waals surface area (Å²) in [5.41, 5.74) is 2.63. The van der Waals surface area contributed by atoms with Gasteiger partial charge in [0, 0.05) is 37.9 Å². The minimum atomic E-state index is 0.0830. The molecule has 26 heavy (non-hydrogen) atoms. The molecule has 2 fully saturated rings. The number of carbonyl (C=O) groups excluding carboxylic acids is 1. The van der Waals surface area contributed by atoms with Crippen molar-refractivity contribution in [2.45, 2.75) is 56.9 Å². The van der Waals surface area contributed by atoms with E-state index in [9.17, 15) is 4.79 Å². The number of hydrogen-bond acceptors (Lipinski definition) is 2. The van der Waals surface area contributed by atoms with Crippen LogP contribution in [0.2, 0.25) is 0 Å². The smallest absolute Gasteiger partial charge is 0.230 e. The summed E-state index contributed by atoms with van der Waals surface area (Å²) in [4.78, 5) is 19.8. The van der Waals surface area contributed by atoms with E-state index in [-0.39, 0.29) is 5.92 Å². The fourth-order valence-electron chi connectivity index (χ4n) is 4.81. The molecule has 0 radical (unpaired) electrons.